The summed E-state index contributed by atoms with van der Waals surface area (Å²) in [7, 11) is 0. The van der Waals surface area contributed by atoms with E-state index in [1.807, 2.05) is 6.92 Å². The molecule has 170 valence electrons. The number of ether oxygens (including phenoxy) is 1. The lowest BCUT2D eigenvalue weighted by Crippen LogP contribution is -2.42. The molecular weight excluding hydrogens is 425 g/mol. The lowest BCUT2D eigenvalue weighted by atomic mass is 10.2. The first kappa shape index (κ1) is 22.0. The predicted octanol–water partition coefficient (Wildman–Crippen LogP) is 3.61. The van der Waals surface area contributed by atoms with Gasteiger partial charge < -0.3 is 19.7 Å². The Kier molecular flexibility index (Phi) is 6.28. The quantitative estimate of drug-likeness (QED) is 0.571. The Morgan fingerprint density at radius 2 is 1.88 bits per heavy atom. The first-order valence-corrected chi connectivity index (χ1v) is 10.1. The number of nitrogens with one attached hydrogen (secondary N) is 1. The molecule has 0 radical (unpaired) electrons. The number of imidazole rings is 1. The number of hydrogen-bond donors (Lipinski definition) is 2. The monoisotopic (exact) mass is 448 g/mol. The van der Waals surface area contributed by atoms with Crippen LogP contribution in [0.4, 0.5) is 24.9 Å². The van der Waals surface area contributed by atoms with Gasteiger partial charge in [0.05, 0.1) is 30.7 Å². The summed E-state index contributed by atoms with van der Waals surface area (Å²) in [5.74, 6) is 0.606. The van der Waals surface area contributed by atoms with Gasteiger partial charge in [-0.1, -0.05) is 12.1 Å². The number of benzene rings is 1. The highest BCUT2D eigenvalue weighted by molar-refractivity contribution is 5.45. The molecule has 0 spiro atoms. The van der Waals surface area contributed by atoms with Gasteiger partial charge in [0, 0.05) is 23.6 Å². The van der Waals surface area contributed by atoms with Gasteiger partial charge in [-0.2, -0.15) is 4.98 Å². The molecule has 1 aromatic carbocycles. The van der Waals surface area contributed by atoms with Crippen molar-refractivity contribution in [3.8, 4) is 5.69 Å². The minimum atomic E-state index is -2.51. The van der Waals surface area contributed by atoms with E-state index in [0.717, 1.165) is 0 Å². The standard InChI is InChI=1S/C21H23F3N6O2/c1-12(22)17-10-32-21(31)30(17)18-7-8-25-20(28-18)27-13(2)16-9-29(11-26-16)15-5-3-14(4-6-15)19(23)24/h3-9,11-13,17,19,21,31H,10H2,1-2H3,(H,25,27,28)/t12-,13-,17+,21?/m0/s1. The van der Waals surface area contributed by atoms with Crippen LogP contribution in [0.5, 0.6) is 0 Å². The summed E-state index contributed by atoms with van der Waals surface area (Å²) in [5.41, 5.74) is 1.34. The van der Waals surface area contributed by atoms with E-state index < -0.39 is 25.1 Å². The highest BCUT2D eigenvalue weighted by Crippen LogP contribution is 2.27. The largest absolute Gasteiger partial charge is 0.351 e. The molecular formula is C21H23F3N6O2. The third-order valence-corrected chi connectivity index (χ3v) is 5.28. The number of aliphatic hydroxyl groups is 1. The first-order chi connectivity index (χ1) is 15.3. The number of nitrogens with zero attached hydrogens (tertiary/aromatic N) is 5. The lowest BCUT2D eigenvalue weighted by Gasteiger charge is -2.27. The maximum absolute atomic E-state index is 13.9. The normalized spacial score (nSPS) is 20.5. The van der Waals surface area contributed by atoms with Crippen LogP contribution in [0.15, 0.2) is 49.1 Å². The van der Waals surface area contributed by atoms with Gasteiger partial charge in [0.25, 0.3) is 6.43 Å². The fraction of sp³-hybridized carbons (Fsp3) is 0.381. The molecule has 0 aliphatic carbocycles. The highest BCUT2D eigenvalue weighted by atomic mass is 19.3. The van der Waals surface area contributed by atoms with E-state index >= 15 is 0 Å². The second kappa shape index (κ2) is 9.13. The van der Waals surface area contributed by atoms with Crippen LogP contribution in [-0.2, 0) is 4.74 Å². The van der Waals surface area contributed by atoms with Crippen LogP contribution < -0.4 is 10.2 Å². The van der Waals surface area contributed by atoms with Gasteiger partial charge in [0.15, 0.2) is 0 Å². The van der Waals surface area contributed by atoms with E-state index in [-0.39, 0.29) is 24.2 Å². The predicted molar refractivity (Wildman–Crippen MR) is 111 cm³/mol. The molecule has 3 aromatic rings. The van der Waals surface area contributed by atoms with Crippen LogP contribution in [0.2, 0.25) is 0 Å². The highest BCUT2D eigenvalue weighted by Gasteiger charge is 2.38. The van der Waals surface area contributed by atoms with Crippen LogP contribution in [0.3, 0.4) is 0 Å². The third-order valence-electron chi connectivity index (χ3n) is 5.28. The molecule has 0 saturated carbocycles. The first-order valence-electron chi connectivity index (χ1n) is 10.1. The van der Waals surface area contributed by atoms with Crippen molar-refractivity contribution in [1.82, 2.24) is 19.5 Å². The Bertz CT molecular complexity index is 1050. The molecule has 4 rings (SSSR count). The second-order valence-corrected chi connectivity index (χ2v) is 7.51. The number of hydrogen-bond acceptors (Lipinski definition) is 7. The number of aliphatic hydroxyl groups excluding tert-OH is 1. The average Bonchev–Trinajstić information content (AvgIpc) is 3.41. The van der Waals surface area contributed by atoms with E-state index in [1.165, 1.54) is 30.2 Å². The molecule has 1 aliphatic rings. The molecule has 1 unspecified atom stereocenters. The van der Waals surface area contributed by atoms with Crippen molar-refractivity contribution in [2.75, 3.05) is 16.8 Å². The van der Waals surface area contributed by atoms with Crippen molar-refractivity contribution in [3.63, 3.8) is 0 Å². The summed E-state index contributed by atoms with van der Waals surface area (Å²) >= 11 is 0. The maximum Gasteiger partial charge on any atom is 0.263 e. The molecule has 1 fully saturated rings. The minimum absolute atomic E-state index is 0.0425. The van der Waals surface area contributed by atoms with E-state index in [1.54, 1.807) is 35.3 Å². The molecule has 0 amide bonds. The molecule has 2 N–H and O–H groups in total. The molecule has 11 heteroatoms. The minimum Gasteiger partial charge on any atom is -0.351 e. The van der Waals surface area contributed by atoms with Gasteiger partial charge >= 0.3 is 0 Å². The summed E-state index contributed by atoms with van der Waals surface area (Å²) in [6.45, 7) is 3.32. The van der Waals surface area contributed by atoms with Gasteiger partial charge in [-0.05, 0) is 32.0 Å². The third kappa shape index (κ3) is 4.53. The molecule has 3 heterocycles. The molecule has 8 nitrogen and oxygen atoms in total. The fourth-order valence-corrected chi connectivity index (χ4v) is 3.47. The number of rotatable bonds is 7. The average molecular weight is 448 g/mol. The smallest absolute Gasteiger partial charge is 0.263 e. The van der Waals surface area contributed by atoms with Crippen molar-refractivity contribution in [1.29, 1.82) is 0 Å². The fourth-order valence-electron chi connectivity index (χ4n) is 3.47. The van der Waals surface area contributed by atoms with Crippen LogP contribution in [0, 0.1) is 0 Å². The molecule has 4 atom stereocenters. The van der Waals surface area contributed by atoms with Gasteiger partial charge in [-0.15, -0.1) is 0 Å². The van der Waals surface area contributed by atoms with Crippen molar-refractivity contribution in [3.05, 3.63) is 60.3 Å². The molecule has 0 bridgehead atoms. The Morgan fingerprint density at radius 1 is 1.12 bits per heavy atom. The zero-order valence-corrected chi connectivity index (χ0v) is 17.4. The Balaban J connectivity index is 1.48. The van der Waals surface area contributed by atoms with E-state index in [0.29, 0.717) is 17.2 Å². The molecule has 2 aromatic heterocycles. The number of alkyl halides is 3. The lowest BCUT2D eigenvalue weighted by molar-refractivity contribution is -0.0579. The molecule has 1 aliphatic heterocycles. The SMILES string of the molecule is C[C@H](Nc1nccc(N2C(O)OC[C@@H]2[C@H](C)F)n1)c1cn(-c2ccc(C(F)F)cc2)cn1. The van der Waals surface area contributed by atoms with Crippen LogP contribution in [-0.4, -0.2) is 49.9 Å². The summed E-state index contributed by atoms with van der Waals surface area (Å²) in [5, 5.41) is 13.2. The van der Waals surface area contributed by atoms with Crippen LogP contribution >= 0.6 is 0 Å². The summed E-state index contributed by atoms with van der Waals surface area (Å²) in [4.78, 5) is 14.3. The van der Waals surface area contributed by atoms with Crippen molar-refractivity contribution >= 4 is 11.8 Å². The van der Waals surface area contributed by atoms with E-state index in [2.05, 4.69) is 20.3 Å². The maximum atomic E-state index is 13.9. The Morgan fingerprint density at radius 3 is 2.56 bits per heavy atom. The van der Waals surface area contributed by atoms with Gasteiger partial charge in [0.1, 0.15) is 12.0 Å². The number of halogens is 3. The van der Waals surface area contributed by atoms with E-state index in [4.69, 9.17) is 4.74 Å². The Labute approximate surface area is 182 Å². The zero-order chi connectivity index (χ0) is 22.8. The molecule has 32 heavy (non-hydrogen) atoms. The molecule has 1 saturated heterocycles. The number of aromatic nitrogens is 4. The summed E-state index contributed by atoms with van der Waals surface area (Å²) in [6, 6.07) is 6.58. The number of anilines is 2. The van der Waals surface area contributed by atoms with Gasteiger partial charge in [-0.3, -0.25) is 4.90 Å². The van der Waals surface area contributed by atoms with Crippen molar-refractivity contribution in [2.45, 2.75) is 44.9 Å². The van der Waals surface area contributed by atoms with Crippen molar-refractivity contribution in [2.24, 2.45) is 0 Å². The Hall–Kier alpha value is -3.18. The topological polar surface area (TPSA) is 88.3 Å². The summed E-state index contributed by atoms with van der Waals surface area (Å²) < 4.78 is 46.3. The van der Waals surface area contributed by atoms with E-state index in [9.17, 15) is 18.3 Å². The van der Waals surface area contributed by atoms with Crippen LogP contribution in [0.1, 0.15) is 37.6 Å². The van der Waals surface area contributed by atoms with Crippen LogP contribution in [0.25, 0.3) is 5.69 Å². The van der Waals surface area contributed by atoms with Crippen molar-refractivity contribution < 1.29 is 23.0 Å². The summed E-state index contributed by atoms with van der Waals surface area (Å²) in [6.07, 6.45) is -0.155. The second-order valence-electron chi connectivity index (χ2n) is 7.51. The van der Waals surface area contributed by atoms with Gasteiger partial charge in [-0.25, -0.2) is 23.1 Å². The zero-order valence-electron chi connectivity index (χ0n) is 17.4. The van der Waals surface area contributed by atoms with Gasteiger partial charge in [0.2, 0.25) is 12.4 Å².